The van der Waals surface area contributed by atoms with E-state index in [0.717, 1.165) is 33.8 Å². The molecule has 0 radical (unpaired) electrons. The lowest BCUT2D eigenvalue weighted by atomic mass is 10.1. The summed E-state index contributed by atoms with van der Waals surface area (Å²) in [6.45, 7) is 5.86. The van der Waals surface area contributed by atoms with Crippen molar-refractivity contribution in [2.24, 2.45) is 0 Å². The van der Waals surface area contributed by atoms with E-state index in [4.69, 9.17) is 4.74 Å². The van der Waals surface area contributed by atoms with Crippen LogP contribution in [0.3, 0.4) is 0 Å². The molecule has 1 N–H and O–H groups in total. The van der Waals surface area contributed by atoms with Gasteiger partial charge in [0.1, 0.15) is 5.75 Å². The zero-order chi connectivity index (χ0) is 21.3. The summed E-state index contributed by atoms with van der Waals surface area (Å²) in [5, 5.41) is 7.55. The quantitative estimate of drug-likeness (QED) is 0.548. The van der Waals surface area contributed by atoms with E-state index < -0.39 is 0 Å². The zero-order valence-electron chi connectivity index (χ0n) is 17.4. The Morgan fingerprint density at radius 3 is 2.53 bits per heavy atom. The van der Waals surface area contributed by atoms with Gasteiger partial charge in [-0.3, -0.25) is 4.79 Å². The highest BCUT2D eigenvalue weighted by molar-refractivity contribution is 5.92. The van der Waals surface area contributed by atoms with Gasteiger partial charge < -0.3 is 10.1 Å². The van der Waals surface area contributed by atoms with Crippen LogP contribution in [0.2, 0.25) is 0 Å². The van der Waals surface area contributed by atoms with E-state index in [2.05, 4.69) is 20.4 Å². The van der Waals surface area contributed by atoms with Gasteiger partial charge in [-0.2, -0.15) is 4.98 Å². The summed E-state index contributed by atoms with van der Waals surface area (Å²) >= 11 is 0. The first-order valence-electron chi connectivity index (χ1n) is 9.68. The van der Waals surface area contributed by atoms with Crippen LogP contribution in [0, 0.1) is 20.8 Å². The number of fused-ring (bicyclic) bond motifs is 1. The van der Waals surface area contributed by atoms with Gasteiger partial charge in [-0.25, -0.2) is 9.50 Å². The number of hydrogen-bond donors (Lipinski definition) is 1. The van der Waals surface area contributed by atoms with Gasteiger partial charge >= 0.3 is 0 Å². The number of ether oxygens (including phenoxy) is 1. The van der Waals surface area contributed by atoms with E-state index in [1.54, 1.807) is 11.6 Å². The number of anilines is 1. The third kappa shape index (κ3) is 3.87. The van der Waals surface area contributed by atoms with Gasteiger partial charge in [-0.15, -0.1) is 5.10 Å². The highest BCUT2D eigenvalue weighted by Crippen LogP contribution is 2.21. The van der Waals surface area contributed by atoms with Gasteiger partial charge in [0.2, 0.25) is 5.91 Å². The zero-order valence-corrected chi connectivity index (χ0v) is 17.4. The highest BCUT2D eigenvalue weighted by atomic mass is 16.5. The van der Waals surface area contributed by atoms with Crippen molar-refractivity contribution in [1.82, 2.24) is 19.6 Å². The second-order valence-electron chi connectivity index (χ2n) is 7.23. The molecule has 30 heavy (non-hydrogen) atoms. The lowest BCUT2D eigenvalue weighted by Crippen LogP contribution is -2.17. The fourth-order valence-electron chi connectivity index (χ4n) is 3.41. The van der Waals surface area contributed by atoms with Crippen LogP contribution in [0.4, 0.5) is 5.69 Å². The first-order chi connectivity index (χ1) is 14.4. The van der Waals surface area contributed by atoms with E-state index >= 15 is 0 Å². The first kappa shape index (κ1) is 19.6. The fourth-order valence-corrected chi connectivity index (χ4v) is 3.41. The number of methoxy groups -OCH3 is 1. The number of nitrogens with zero attached hydrogens (tertiary/aromatic N) is 4. The summed E-state index contributed by atoms with van der Waals surface area (Å²) in [4.78, 5) is 21.8. The summed E-state index contributed by atoms with van der Waals surface area (Å²) in [5.74, 6) is 1.77. The molecule has 0 fully saturated rings. The molecule has 4 aromatic rings. The molecular weight excluding hydrogens is 378 g/mol. The number of amides is 1. The molecule has 4 rings (SSSR count). The van der Waals surface area contributed by atoms with Crippen molar-refractivity contribution in [3.63, 3.8) is 0 Å². The summed E-state index contributed by atoms with van der Waals surface area (Å²) in [6.07, 6.45) is 0.201. The summed E-state index contributed by atoms with van der Waals surface area (Å²) in [7, 11) is 1.61. The van der Waals surface area contributed by atoms with Crippen molar-refractivity contribution in [1.29, 1.82) is 0 Å². The molecule has 0 saturated heterocycles. The number of rotatable bonds is 5. The van der Waals surface area contributed by atoms with Crippen LogP contribution in [0.5, 0.6) is 5.75 Å². The van der Waals surface area contributed by atoms with Crippen LogP contribution >= 0.6 is 0 Å². The minimum absolute atomic E-state index is 0.119. The number of carbonyl (C=O) groups excluding carboxylic acids is 1. The summed E-state index contributed by atoms with van der Waals surface area (Å²) < 4.78 is 6.85. The molecule has 7 nitrogen and oxygen atoms in total. The minimum atomic E-state index is -0.119. The summed E-state index contributed by atoms with van der Waals surface area (Å²) in [6, 6.07) is 15.3. The Morgan fingerprint density at radius 2 is 1.83 bits per heavy atom. The minimum Gasteiger partial charge on any atom is -0.497 e. The van der Waals surface area contributed by atoms with E-state index in [9.17, 15) is 4.79 Å². The second-order valence-corrected chi connectivity index (χ2v) is 7.23. The Balaban J connectivity index is 1.61. The molecule has 2 heterocycles. The van der Waals surface area contributed by atoms with Crippen LogP contribution in [-0.4, -0.2) is 32.6 Å². The molecule has 0 aliphatic heterocycles. The number of aryl methyl sites for hydroxylation is 3. The molecule has 1 amide bonds. The Morgan fingerprint density at radius 1 is 1.07 bits per heavy atom. The van der Waals surface area contributed by atoms with Crippen molar-refractivity contribution in [3.8, 4) is 17.1 Å². The third-order valence-electron chi connectivity index (χ3n) is 5.04. The predicted molar refractivity (Wildman–Crippen MR) is 116 cm³/mol. The van der Waals surface area contributed by atoms with Crippen LogP contribution < -0.4 is 10.1 Å². The Bertz CT molecular complexity index is 1230. The van der Waals surface area contributed by atoms with Gasteiger partial charge in [0.05, 0.1) is 13.5 Å². The molecule has 0 unspecified atom stereocenters. The lowest BCUT2D eigenvalue weighted by Gasteiger charge is -2.11. The van der Waals surface area contributed by atoms with Gasteiger partial charge in [-0.05, 0) is 51.1 Å². The molecule has 0 aliphatic rings. The van der Waals surface area contributed by atoms with Gasteiger partial charge in [0, 0.05) is 28.2 Å². The maximum atomic E-state index is 12.6. The maximum absolute atomic E-state index is 12.6. The second kappa shape index (κ2) is 7.94. The molecule has 0 atom stereocenters. The van der Waals surface area contributed by atoms with Gasteiger partial charge in [-0.1, -0.05) is 23.8 Å². The normalized spacial score (nSPS) is 10.9. The molecule has 2 aromatic carbocycles. The highest BCUT2D eigenvalue weighted by Gasteiger charge is 2.17. The number of carbonyl (C=O) groups is 1. The topological polar surface area (TPSA) is 81.4 Å². The number of benzene rings is 2. The molecule has 0 bridgehead atoms. The first-order valence-corrected chi connectivity index (χ1v) is 9.68. The number of aromatic nitrogens is 4. The molecule has 7 heteroatoms. The molecule has 0 spiro atoms. The van der Waals surface area contributed by atoms with Gasteiger partial charge in [0.15, 0.2) is 5.82 Å². The van der Waals surface area contributed by atoms with Gasteiger partial charge in [0.25, 0.3) is 5.78 Å². The SMILES string of the molecule is COc1ccc(NC(=O)Cc2c(C)nc3nc(-c4cccc(C)c4)nn3c2C)cc1. The lowest BCUT2D eigenvalue weighted by molar-refractivity contribution is -0.115. The average Bonchev–Trinajstić information content (AvgIpc) is 3.16. The third-order valence-corrected chi connectivity index (χ3v) is 5.04. The van der Waals surface area contributed by atoms with E-state index in [1.807, 2.05) is 69.3 Å². The molecule has 2 aromatic heterocycles. The van der Waals surface area contributed by atoms with Crippen LogP contribution in [0.25, 0.3) is 17.2 Å². The summed E-state index contributed by atoms with van der Waals surface area (Å²) in [5.41, 5.74) is 5.27. The number of hydrogen-bond acceptors (Lipinski definition) is 5. The standard InChI is InChI=1S/C23H23N5O2/c1-14-6-5-7-17(12-14)22-26-23-24-15(2)20(16(3)28(23)27-22)13-21(29)25-18-8-10-19(30-4)11-9-18/h5-12H,13H2,1-4H3,(H,25,29). The maximum Gasteiger partial charge on any atom is 0.253 e. The van der Waals surface area contributed by atoms with Crippen LogP contribution in [0.1, 0.15) is 22.5 Å². The Hall–Kier alpha value is -3.74. The largest absolute Gasteiger partial charge is 0.497 e. The molecule has 0 saturated carbocycles. The smallest absolute Gasteiger partial charge is 0.253 e. The van der Waals surface area contributed by atoms with Crippen LogP contribution in [0.15, 0.2) is 48.5 Å². The van der Waals surface area contributed by atoms with Crippen LogP contribution in [-0.2, 0) is 11.2 Å². The monoisotopic (exact) mass is 401 g/mol. The van der Waals surface area contributed by atoms with E-state index in [-0.39, 0.29) is 12.3 Å². The molecule has 0 aliphatic carbocycles. The fraction of sp³-hybridized carbons (Fsp3) is 0.217. The van der Waals surface area contributed by atoms with E-state index in [0.29, 0.717) is 17.3 Å². The number of nitrogens with one attached hydrogen (secondary N) is 1. The Kier molecular flexibility index (Phi) is 5.18. The van der Waals surface area contributed by atoms with E-state index in [1.165, 1.54) is 0 Å². The molecular formula is C23H23N5O2. The Labute approximate surface area is 174 Å². The average molecular weight is 401 g/mol. The van der Waals surface area contributed by atoms with Crippen molar-refractivity contribution < 1.29 is 9.53 Å². The predicted octanol–water partition coefficient (Wildman–Crippen LogP) is 3.91. The van der Waals surface area contributed by atoms with Crippen molar-refractivity contribution in [2.45, 2.75) is 27.2 Å². The molecule has 152 valence electrons. The van der Waals surface area contributed by atoms with Crippen molar-refractivity contribution >= 4 is 17.4 Å². The van der Waals surface area contributed by atoms with Crippen molar-refractivity contribution in [2.75, 3.05) is 12.4 Å². The van der Waals surface area contributed by atoms with Crippen molar-refractivity contribution in [3.05, 3.63) is 71.0 Å².